The highest BCUT2D eigenvalue weighted by molar-refractivity contribution is 9.10. The van der Waals surface area contributed by atoms with Gasteiger partial charge in [-0.3, -0.25) is 9.59 Å². The minimum Gasteiger partial charge on any atom is -0.468 e. The zero-order valence-corrected chi connectivity index (χ0v) is 12.5. The molecule has 6 nitrogen and oxygen atoms in total. The van der Waals surface area contributed by atoms with Gasteiger partial charge in [-0.05, 0) is 42.1 Å². The molecule has 0 aromatic carbocycles. The van der Waals surface area contributed by atoms with Gasteiger partial charge in [-0.15, -0.1) is 0 Å². The van der Waals surface area contributed by atoms with Crippen LogP contribution in [0.15, 0.2) is 15.5 Å². The van der Waals surface area contributed by atoms with Crippen LogP contribution < -0.4 is 10.9 Å². The molecular weight excluding hydrogens is 314 g/mol. The van der Waals surface area contributed by atoms with Crippen molar-refractivity contribution in [1.29, 1.82) is 0 Å². The van der Waals surface area contributed by atoms with Crippen LogP contribution in [-0.2, 0) is 16.1 Å². The topological polar surface area (TPSA) is 73.2 Å². The first kappa shape index (κ1) is 14.0. The number of aromatic nitrogens is 2. The summed E-state index contributed by atoms with van der Waals surface area (Å²) in [7, 11) is 1.27. The van der Waals surface area contributed by atoms with Gasteiger partial charge in [0.05, 0.1) is 19.0 Å². The van der Waals surface area contributed by atoms with Crippen LogP contribution in [0.1, 0.15) is 26.2 Å². The van der Waals surface area contributed by atoms with E-state index < -0.39 is 5.97 Å². The highest BCUT2D eigenvalue weighted by Gasteiger charge is 2.32. The first-order valence-corrected chi connectivity index (χ1v) is 6.85. The number of hydrogen-bond donors (Lipinski definition) is 1. The second-order valence-corrected chi connectivity index (χ2v) is 5.74. The fourth-order valence-electron chi connectivity index (χ4n) is 2.01. The minimum absolute atomic E-state index is 0.0329. The fourth-order valence-corrected chi connectivity index (χ4v) is 2.42. The number of esters is 1. The molecule has 0 aliphatic heterocycles. The zero-order chi connectivity index (χ0) is 14.0. The van der Waals surface area contributed by atoms with Gasteiger partial charge in [0.25, 0.3) is 5.56 Å². The number of carbonyl (C=O) groups is 1. The number of halogens is 1. The fraction of sp³-hybridized carbons (Fsp3) is 0.583. The number of hydrogen-bond acceptors (Lipinski definition) is 5. The predicted molar refractivity (Wildman–Crippen MR) is 74.1 cm³/mol. The molecule has 7 heteroatoms. The number of anilines is 1. The monoisotopic (exact) mass is 329 g/mol. The first-order valence-electron chi connectivity index (χ1n) is 6.06. The summed E-state index contributed by atoms with van der Waals surface area (Å²) in [4.78, 5) is 23.2. The number of carbonyl (C=O) groups excluding carboxylic acids is 1. The summed E-state index contributed by atoms with van der Waals surface area (Å²) < 4.78 is 5.98. The highest BCUT2D eigenvalue weighted by Crippen LogP contribution is 2.35. The number of ether oxygens (including phenoxy) is 1. The van der Waals surface area contributed by atoms with Crippen LogP contribution >= 0.6 is 15.9 Å². The molecule has 1 aliphatic rings. The van der Waals surface area contributed by atoms with E-state index in [-0.39, 0.29) is 17.6 Å². The molecule has 0 spiro atoms. The highest BCUT2D eigenvalue weighted by atomic mass is 79.9. The molecule has 0 atom stereocenters. The van der Waals surface area contributed by atoms with Gasteiger partial charge < -0.3 is 10.1 Å². The third kappa shape index (κ3) is 2.97. The Bertz CT molecular complexity index is 552. The van der Waals surface area contributed by atoms with Crippen LogP contribution in [0.5, 0.6) is 0 Å². The number of nitrogens with one attached hydrogen (secondary N) is 1. The van der Waals surface area contributed by atoms with Crippen molar-refractivity contribution < 1.29 is 9.53 Å². The van der Waals surface area contributed by atoms with Crippen molar-refractivity contribution in [3.05, 3.63) is 21.0 Å². The molecule has 0 amide bonds. The van der Waals surface area contributed by atoms with Crippen molar-refractivity contribution in [2.24, 2.45) is 0 Å². The molecule has 1 heterocycles. The summed E-state index contributed by atoms with van der Waals surface area (Å²) in [5, 5.41) is 7.30. The average molecular weight is 330 g/mol. The summed E-state index contributed by atoms with van der Waals surface area (Å²) in [6.07, 6.45) is 4.89. The van der Waals surface area contributed by atoms with Gasteiger partial charge in [0, 0.05) is 5.54 Å². The predicted octanol–water partition coefficient (Wildman–Crippen LogP) is 1.53. The van der Waals surface area contributed by atoms with Crippen LogP contribution in [0.4, 0.5) is 5.69 Å². The van der Waals surface area contributed by atoms with E-state index >= 15 is 0 Å². The van der Waals surface area contributed by atoms with E-state index in [1.165, 1.54) is 13.5 Å². The Balaban J connectivity index is 2.22. The zero-order valence-electron chi connectivity index (χ0n) is 10.9. The molecule has 104 valence electrons. The Morgan fingerprint density at radius 1 is 1.63 bits per heavy atom. The molecule has 1 fully saturated rings. The third-order valence-corrected chi connectivity index (χ3v) is 4.15. The summed E-state index contributed by atoms with van der Waals surface area (Å²) in [5.74, 6) is -0.506. The Morgan fingerprint density at radius 3 is 2.84 bits per heavy atom. The Hall–Kier alpha value is -1.37. The summed E-state index contributed by atoms with van der Waals surface area (Å²) in [6, 6.07) is 0. The first-order chi connectivity index (χ1) is 8.95. The van der Waals surface area contributed by atoms with E-state index in [4.69, 9.17) is 0 Å². The SMILES string of the molecule is COC(=O)Cn1ncc(NC2(C)CCC2)c(Br)c1=O. The van der Waals surface area contributed by atoms with Crippen LogP contribution in [0.2, 0.25) is 0 Å². The quantitative estimate of drug-likeness (QED) is 0.848. The van der Waals surface area contributed by atoms with E-state index in [1.807, 2.05) is 0 Å². The molecule has 2 rings (SSSR count). The molecule has 0 radical (unpaired) electrons. The summed E-state index contributed by atoms with van der Waals surface area (Å²) in [6.45, 7) is 1.93. The maximum absolute atomic E-state index is 12.0. The summed E-state index contributed by atoms with van der Waals surface area (Å²) in [5.41, 5.74) is 0.345. The molecule has 0 unspecified atom stereocenters. The molecule has 19 heavy (non-hydrogen) atoms. The molecule has 1 aromatic rings. The van der Waals surface area contributed by atoms with Crippen LogP contribution in [-0.4, -0.2) is 28.4 Å². The van der Waals surface area contributed by atoms with Gasteiger partial charge in [-0.2, -0.15) is 5.10 Å². The standard InChI is InChI=1S/C12H16BrN3O3/c1-12(4-3-5-12)15-8-6-14-16(7-9(17)19-2)11(18)10(8)13/h6,15H,3-5,7H2,1-2H3. The van der Waals surface area contributed by atoms with E-state index in [9.17, 15) is 9.59 Å². The lowest BCUT2D eigenvalue weighted by Crippen LogP contribution is -2.42. The van der Waals surface area contributed by atoms with E-state index in [2.05, 4.69) is 38.0 Å². The van der Waals surface area contributed by atoms with Crippen molar-refractivity contribution in [1.82, 2.24) is 9.78 Å². The largest absolute Gasteiger partial charge is 0.468 e. The Kier molecular flexibility index (Phi) is 3.93. The van der Waals surface area contributed by atoms with Crippen molar-refractivity contribution in [2.45, 2.75) is 38.3 Å². The number of nitrogens with zero attached hydrogens (tertiary/aromatic N) is 2. The molecule has 1 N–H and O–H groups in total. The maximum Gasteiger partial charge on any atom is 0.327 e. The van der Waals surface area contributed by atoms with Crippen molar-refractivity contribution in [3.63, 3.8) is 0 Å². The lowest BCUT2D eigenvalue weighted by Gasteiger charge is -2.40. The van der Waals surface area contributed by atoms with Gasteiger partial charge in [-0.1, -0.05) is 0 Å². The molecule has 0 saturated heterocycles. The van der Waals surface area contributed by atoms with Gasteiger partial charge in [0.2, 0.25) is 0 Å². The molecule has 1 saturated carbocycles. The second-order valence-electron chi connectivity index (χ2n) is 4.95. The Morgan fingerprint density at radius 2 is 2.32 bits per heavy atom. The summed E-state index contributed by atoms with van der Waals surface area (Å²) >= 11 is 3.26. The van der Waals surface area contributed by atoms with Gasteiger partial charge in [0.1, 0.15) is 11.0 Å². The van der Waals surface area contributed by atoms with Gasteiger partial charge in [-0.25, -0.2) is 4.68 Å². The minimum atomic E-state index is -0.506. The van der Waals surface area contributed by atoms with Crippen molar-refractivity contribution in [2.75, 3.05) is 12.4 Å². The second kappa shape index (κ2) is 5.32. The van der Waals surface area contributed by atoms with Crippen molar-refractivity contribution >= 4 is 27.6 Å². The van der Waals surface area contributed by atoms with E-state index in [1.54, 1.807) is 6.20 Å². The third-order valence-electron chi connectivity index (χ3n) is 3.38. The number of rotatable bonds is 4. The lowest BCUT2D eigenvalue weighted by molar-refractivity contribution is -0.141. The maximum atomic E-state index is 12.0. The van der Waals surface area contributed by atoms with Crippen LogP contribution in [0, 0.1) is 0 Å². The molecule has 1 aromatic heterocycles. The average Bonchev–Trinajstić information content (AvgIpc) is 2.36. The van der Waals surface area contributed by atoms with E-state index in [0.717, 1.165) is 17.5 Å². The molecule has 0 bridgehead atoms. The normalized spacial score (nSPS) is 16.6. The lowest BCUT2D eigenvalue weighted by atomic mass is 9.78. The van der Waals surface area contributed by atoms with Crippen molar-refractivity contribution in [3.8, 4) is 0 Å². The number of methoxy groups -OCH3 is 1. The smallest absolute Gasteiger partial charge is 0.327 e. The Labute approximate surface area is 119 Å². The van der Waals surface area contributed by atoms with Crippen LogP contribution in [0.25, 0.3) is 0 Å². The van der Waals surface area contributed by atoms with E-state index in [0.29, 0.717) is 10.2 Å². The van der Waals surface area contributed by atoms with Gasteiger partial charge >= 0.3 is 5.97 Å². The van der Waals surface area contributed by atoms with Crippen LogP contribution in [0.3, 0.4) is 0 Å². The molecular formula is C12H16BrN3O3. The molecule has 1 aliphatic carbocycles. The van der Waals surface area contributed by atoms with Gasteiger partial charge in [0.15, 0.2) is 0 Å².